The van der Waals surface area contributed by atoms with E-state index in [2.05, 4.69) is 26.9 Å². The maximum Gasteiger partial charge on any atom is 0.357 e. The second-order valence-electron chi connectivity index (χ2n) is 11.5. The second-order valence-corrected chi connectivity index (χ2v) is 11.5. The predicted octanol–water partition coefficient (Wildman–Crippen LogP) is 3.55. The Balaban J connectivity index is 1.50. The van der Waals surface area contributed by atoms with Gasteiger partial charge in [0, 0.05) is 54.9 Å². The van der Waals surface area contributed by atoms with Crippen molar-refractivity contribution < 1.29 is 33.8 Å². The Hall–Kier alpha value is -5.07. The van der Waals surface area contributed by atoms with Crippen LogP contribution < -0.4 is 15.8 Å². The van der Waals surface area contributed by atoms with Gasteiger partial charge in [0.2, 0.25) is 0 Å². The number of Topliss-reactive ketones (excluding diaryl/α,β-unsaturated/α-hetero) is 1. The molecule has 2 aromatic carbocycles. The predicted molar refractivity (Wildman–Crippen MR) is 176 cm³/mol. The van der Waals surface area contributed by atoms with Crippen LogP contribution in [0.2, 0.25) is 0 Å². The molecular weight excluding hydrogens is 602 g/mol. The smallest absolute Gasteiger partial charge is 0.357 e. The number of benzene rings is 2. The summed E-state index contributed by atoms with van der Waals surface area (Å²) in [6.45, 7) is 7.76. The summed E-state index contributed by atoms with van der Waals surface area (Å²) >= 11 is 0. The summed E-state index contributed by atoms with van der Waals surface area (Å²) in [5.41, 5.74) is 8.46. The summed E-state index contributed by atoms with van der Waals surface area (Å²) in [6, 6.07) is 13.2. The highest BCUT2D eigenvalue weighted by Crippen LogP contribution is 2.35. The molecule has 2 fully saturated rings. The average Bonchev–Trinajstić information content (AvgIpc) is 3.95. The molecule has 0 atom stereocenters. The van der Waals surface area contributed by atoms with Crippen LogP contribution in [0.3, 0.4) is 0 Å². The van der Waals surface area contributed by atoms with Gasteiger partial charge in [-0.2, -0.15) is 0 Å². The number of aromatic nitrogens is 1. The van der Waals surface area contributed by atoms with Crippen LogP contribution in [0.5, 0.6) is 5.75 Å². The van der Waals surface area contributed by atoms with E-state index in [1.165, 1.54) is 13.2 Å². The standard InChI is InChI=1S/C35H39N5O7/c1-3-24-19-28(30(41)18-22-6-8-25(9-7-22)33(36)39-44)27(20-31(24)45-2)26-10-11-29(34(42)37-21-23-4-5-23)38-32(26)35(43)47-17-14-40-12-15-46-16-13-40/h3,6-11,19-20,23,44H,1,4-5,12-18,21H2,2H3,(H2,36,39)(H,37,42). The summed E-state index contributed by atoms with van der Waals surface area (Å²) in [5.74, 6) is -0.500. The number of carbonyl (C=O) groups excluding carboxylic acids is 3. The van der Waals surface area contributed by atoms with Crippen LogP contribution in [0, 0.1) is 5.92 Å². The zero-order valence-electron chi connectivity index (χ0n) is 26.4. The Bertz CT molecular complexity index is 1660. The van der Waals surface area contributed by atoms with Crippen molar-refractivity contribution in [1.82, 2.24) is 15.2 Å². The Morgan fingerprint density at radius 1 is 1.13 bits per heavy atom. The normalized spacial score (nSPS) is 15.1. The number of methoxy groups -OCH3 is 1. The monoisotopic (exact) mass is 641 g/mol. The number of pyridine rings is 1. The molecule has 1 saturated carbocycles. The number of rotatable bonds is 14. The third-order valence-corrected chi connectivity index (χ3v) is 8.22. The Kier molecular flexibility index (Phi) is 11.0. The molecule has 0 spiro atoms. The Morgan fingerprint density at radius 3 is 2.53 bits per heavy atom. The molecule has 1 aromatic heterocycles. The van der Waals surface area contributed by atoms with E-state index >= 15 is 0 Å². The van der Waals surface area contributed by atoms with Crippen molar-refractivity contribution in [1.29, 1.82) is 0 Å². The SMILES string of the molecule is C=Cc1cc(C(=O)Cc2ccc(C(N)=NO)cc2)c(-c2ccc(C(=O)NCC3CC3)nc2C(=O)OCCN2CCOCC2)cc1OC. The van der Waals surface area contributed by atoms with Crippen molar-refractivity contribution in [3.63, 3.8) is 0 Å². The zero-order valence-corrected chi connectivity index (χ0v) is 26.4. The number of nitrogens with zero attached hydrogens (tertiary/aromatic N) is 3. The molecule has 246 valence electrons. The van der Waals surface area contributed by atoms with Crippen molar-refractivity contribution in [2.75, 3.05) is 53.1 Å². The van der Waals surface area contributed by atoms with Gasteiger partial charge < -0.3 is 30.5 Å². The first-order chi connectivity index (χ1) is 22.8. The van der Waals surface area contributed by atoms with Gasteiger partial charge in [-0.1, -0.05) is 42.1 Å². The van der Waals surface area contributed by atoms with E-state index < -0.39 is 11.9 Å². The van der Waals surface area contributed by atoms with E-state index in [-0.39, 0.29) is 36.0 Å². The molecule has 1 saturated heterocycles. The molecule has 0 radical (unpaired) electrons. The highest BCUT2D eigenvalue weighted by molar-refractivity contribution is 6.07. The van der Waals surface area contributed by atoms with Crippen LogP contribution in [0.4, 0.5) is 0 Å². The molecule has 4 N–H and O–H groups in total. The molecule has 2 aliphatic rings. The summed E-state index contributed by atoms with van der Waals surface area (Å²) < 4.78 is 16.7. The van der Waals surface area contributed by atoms with Gasteiger partial charge in [0.15, 0.2) is 17.3 Å². The van der Waals surface area contributed by atoms with Gasteiger partial charge in [-0.25, -0.2) is 9.78 Å². The minimum atomic E-state index is -0.714. The topological polar surface area (TPSA) is 166 Å². The van der Waals surface area contributed by atoms with Gasteiger partial charge in [0.1, 0.15) is 18.1 Å². The van der Waals surface area contributed by atoms with Crippen molar-refractivity contribution in [2.45, 2.75) is 19.3 Å². The lowest BCUT2D eigenvalue weighted by atomic mass is 9.90. The quantitative estimate of drug-likeness (QED) is 0.0592. The summed E-state index contributed by atoms with van der Waals surface area (Å²) in [7, 11) is 1.50. The van der Waals surface area contributed by atoms with E-state index in [4.69, 9.17) is 25.2 Å². The van der Waals surface area contributed by atoms with E-state index in [1.54, 1.807) is 48.5 Å². The number of amides is 1. The third kappa shape index (κ3) is 8.40. The zero-order chi connectivity index (χ0) is 33.3. The lowest BCUT2D eigenvalue weighted by Crippen LogP contribution is -2.38. The van der Waals surface area contributed by atoms with Crippen LogP contribution in [-0.4, -0.2) is 91.7 Å². The molecule has 0 bridgehead atoms. The number of hydrogen-bond donors (Lipinski definition) is 3. The van der Waals surface area contributed by atoms with Crippen LogP contribution in [-0.2, 0) is 15.9 Å². The number of morpholine rings is 1. The molecule has 12 nitrogen and oxygen atoms in total. The fourth-order valence-corrected chi connectivity index (χ4v) is 5.29. The number of nitrogens with one attached hydrogen (secondary N) is 1. The molecule has 1 aliphatic carbocycles. The number of oxime groups is 1. The average molecular weight is 642 g/mol. The minimum absolute atomic E-state index is 0.0147. The van der Waals surface area contributed by atoms with Crippen LogP contribution >= 0.6 is 0 Å². The van der Waals surface area contributed by atoms with Gasteiger partial charge in [-0.05, 0) is 54.2 Å². The third-order valence-electron chi connectivity index (χ3n) is 8.22. The number of carbonyl (C=O) groups is 3. The van der Waals surface area contributed by atoms with E-state index in [0.717, 1.165) is 25.9 Å². The van der Waals surface area contributed by atoms with Gasteiger partial charge in [-0.15, -0.1) is 0 Å². The van der Waals surface area contributed by atoms with Crippen molar-refractivity contribution >= 4 is 29.6 Å². The number of ketones is 1. The first kappa shape index (κ1) is 33.3. The van der Waals surface area contributed by atoms with Crippen LogP contribution in [0.25, 0.3) is 17.2 Å². The second kappa shape index (κ2) is 15.5. The van der Waals surface area contributed by atoms with Crippen LogP contribution in [0.15, 0.2) is 60.3 Å². The van der Waals surface area contributed by atoms with E-state index in [9.17, 15) is 14.4 Å². The highest BCUT2D eigenvalue weighted by Gasteiger charge is 2.26. The lowest BCUT2D eigenvalue weighted by Gasteiger charge is -2.26. The van der Waals surface area contributed by atoms with Gasteiger partial charge in [-0.3, -0.25) is 14.5 Å². The lowest BCUT2D eigenvalue weighted by molar-refractivity contribution is 0.0193. The number of nitrogens with two attached hydrogens (primary N) is 1. The maximum atomic E-state index is 13.9. The Labute approximate surface area is 273 Å². The van der Waals surface area contributed by atoms with Crippen LogP contribution in [0.1, 0.15) is 60.9 Å². The van der Waals surface area contributed by atoms with Crippen molar-refractivity contribution in [2.24, 2.45) is 16.8 Å². The van der Waals surface area contributed by atoms with Crippen molar-refractivity contribution in [3.05, 3.63) is 88.8 Å². The summed E-state index contributed by atoms with van der Waals surface area (Å²) in [4.78, 5) is 47.2. The van der Waals surface area contributed by atoms with Gasteiger partial charge in [0.05, 0.1) is 20.3 Å². The molecule has 47 heavy (non-hydrogen) atoms. The first-order valence-corrected chi connectivity index (χ1v) is 15.5. The molecule has 1 amide bonds. The summed E-state index contributed by atoms with van der Waals surface area (Å²) in [5, 5.41) is 14.9. The number of ether oxygens (including phenoxy) is 3. The highest BCUT2D eigenvalue weighted by atomic mass is 16.5. The van der Waals surface area contributed by atoms with Gasteiger partial charge in [0.25, 0.3) is 5.91 Å². The fourth-order valence-electron chi connectivity index (χ4n) is 5.29. The largest absolute Gasteiger partial charge is 0.496 e. The van der Waals surface area contributed by atoms with Gasteiger partial charge >= 0.3 is 5.97 Å². The van der Waals surface area contributed by atoms with E-state index in [1.807, 2.05) is 0 Å². The molecule has 2 heterocycles. The summed E-state index contributed by atoms with van der Waals surface area (Å²) in [6.07, 6.45) is 3.74. The molecule has 0 unspecified atom stereocenters. The molecule has 3 aromatic rings. The fraction of sp³-hybridized carbons (Fsp3) is 0.343. The minimum Gasteiger partial charge on any atom is -0.496 e. The number of hydrogen-bond acceptors (Lipinski definition) is 10. The first-order valence-electron chi connectivity index (χ1n) is 15.5. The Morgan fingerprint density at radius 2 is 1.87 bits per heavy atom. The number of amidine groups is 1. The molecule has 12 heteroatoms. The van der Waals surface area contributed by atoms with E-state index in [0.29, 0.717) is 71.4 Å². The molecular formula is C35H39N5O7. The number of esters is 1. The molecule has 1 aliphatic heterocycles. The maximum absolute atomic E-state index is 13.9. The van der Waals surface area contributed by atoms with Crippen molar-refractivity contribution in [3.8, 4) is 16.9 Å². The molecule has 5 rings (SSSR count).